The van der Waals surface area contributed by atoms with Crippen LogP contribution < -0.4 is 0 Å². The Morgan fingerprint density at radius 1 is 1.43 bits per heavy atom. The van der Waals surface area contributed by atoms with Crippen molar-refractivity contribution in [1.82, 2.24) is 9.55 Å². The number of allylic oxidation sites excluding steroid dienone is 2. The molecule has 2 aromatic rings. The Hall–Kier alpha value is -1.83. The summed E-state index contributed by atoms with van der Waals surface area (Å²) in [4.78, 5) is 4.48. The van der Waals surface area contributed by atoms with E-state index in [-0.39, 0.29) is 0 Å². The zero-order valence-electron chi connectivity index (χ0n) is 8.20. The Kier molecular flexibility index (Phi) is 1.97. The predicted octanol–water partition coefficient (Wildman–Crippen LogP) is 2.77. The number of aromatic nitrogens is 2. The fourth-order valence-corrected chi connectivity index (χ4v) is 1.52. The molecular formula is C12H12N2. The van der Waals surface area contributed by atoms with Crippen LogP contribution in [0.15, 0.2) is 43.5 Å². The van der Waals surface area contributed by atoms with Gasteiger partial charge in [0, 0.05) is 12.6 Å². The zero-order valence-corrected chi connectivity index (χ0v) is 8.20. The molecule has 0 aliphatic carbocycles. The molecule has 14 heavy (non-hydrogen) atoms. The zero-order chi connectivity index (χ0) is 10.1. The molecule has 2 heteroatoms. The van der Waals surface area contributed by atoms with E-state index < -0.39 is 0 Å². The van der Waals surface area contributed by atoms with E-state index in [1.165, 1.54) is 0 Å². The lowest BCUT2D eigenvalue weighted by Gasteiger charge is -2.00. The van der Waals surface area contributed by atoms with Crippen molar-refractivity contribution >= 4 is 16.6 Å². The van der Waals surface area contributed by atoms with Gasteiger partial charge in [-0.2, -0.15) is 0 Å². The highest BCUT2D eigenvalue weighted by atomic mass is 15.1. The third kappa shape index (κ3) is 1.16. The molecule has 0 bridgehead atoms. The molecule has 0 N–H and O–H groups in total. The van der Waals surface area contributed by atoms with Crippen molar-refractivity contribution < 1.29 is 0 Å². The molecule has 0 atom stereocenters. The minimum Gasteiger partial charge on any atom is -0.327 e. The number of hydrogen-bond donors (Lipinski definition) is 0. The van der Waals surface area contributed by atoms with Gasteiger partial charge in [0.25, 0.3) is 0 Å². The van der Waals surface area contributed by atoms with Gasteiger partial charge in [0.1, 0.15) is 5.82 Å². The Morgan fingerprint density at radius 3 is 2.79 bits per heavy atom. The molecule has 70 valence electrons. The van der Waals surface area contributed by atoms with Crippen molar-refractivity contribution in [2.24, 2.45) is 7.05 Å². The molecule has 0 radical (unpaired) electrons. The molecule has 1 heterocycles. The fraction of sp³-hybridized carbons (Fsp3) is 0.0833. The second kappa shape index (κ2) is 3.14. The van der Waals surface area contributed by atoms with E-state index in [4.69, 9.17) is 0 Å². The Balaban J connectivity index is 2.74. The normalized spacial score (nSPS) is 10.4. The maximum atomic E-state index is 4.48. The minimum absolute atomic E-state index is 0.851. The van der Waals surface area contributed by atoms with Crippen LogP contribution in [0.4, 0.5) is 0 Å². The van der Waals surface area contributed by atoms with E-state index in [9.17, 15) is 0 Å². The standard InChI is InChI=1S/C12H12N2/c1-4-9(2)12-13-10-7-5-6-8-11(10)14(12)3/h4-8H,1-2H2,3H3. The van der Waals surface area contributed by atoms with Crippen LogP contribution >= 0.6 is 0 Å². The summed E-state index contributed by atoms with van der Waals surface area (Å²) in [5.74, 6) is 0.876. The van der Waals surface area contributed by atoms with Crippen LogP contribution in [-0.4, -0.2) is 9.55 Å². The molecular weight excluding hydrogens is 172 g/mol. The van der Waals surface area contributed by atoms with Gasteiger partial charge < -0.3 is 4.57 Å². The van der Waals surface area contributed by atoms with Gasteiger partial charge in [-0.3, -0.25) is 0 Å². The highest BCUT2D eigenvalue weighted by molar-refractivity contribution is 5.81. The molecule has 1 aromatic heterocycles. The van der Waals surface area contributed by atoms with Gasteiger partial charge in [-0.05, 0) is 12.1 Å². The molecule has 0 saturated heterocycles. The smallest absolute Gasteiger partial charge is 0.140 e. The molecule has 0 aliphatic heterocycles. The molecule has 1 aromatic carbocycles. The summed E-state index contributed by atoms with van der Waals surface area (Å²) in [7, 11) is 1.99. The van der Waals surface area contributed by atoms with Crippen LogP contribution in [0.5, 0.6) is 0 Å². The number of imidazole rings is 1. The summed E-state index contributed by atoms with van der Waals surface area (Å²) in [5, 5.41) is 0. The molecule has 0 amide bonds. The number of fused-ring (bicyclic) bond motifs is 1. The van der Waals surface area contributed by atoms with Crippen LogP contribution in [0.3, 0.4) is 0 Å². The van der Waals surface area contributed by atoms with Gasteiger partial charge in [-0.1, -0.05) is 31.4 Å². The first kappa shape index (κ1) is 8.75. The maximum absolute atomic E-state index is 4.48. The van der Waals surface area contributed by atoms with E-state index in [0.717, 1.165) is 22.4 Å². The molecule has 2 nitrogen and oxygen atoms in total. The lowest BCUT2D eigenvalue weighted by atomic mass is 10.3. The molecule has 0 aliphatic rings. The Morgan fingerprint density at radius 2 is 2.14 bits per heavy atom. The van der Waals surface area contributed by atoms with Crippen molar-refractivity contribution in [2.75, 3.05) is 0 Å². The van der Waals surface area contributed by atoms with Crippen LogP contribution in [0.1, 0.15) is 5.82 Å². The van der Waals surface area contributed by atoms with Gasteiger partial charge >= 0.3 is 0 Å². The van der Waals surface area contributed by atoms with Crippen molar-refractivity contribution in [3.05, 3.63) is 49.3 Å². The van der Waals surface area contributed by atoms with Crippen molar-refractivity contribution in [3.8, 4) is 0 Å². The number of nitrogens with zero attached hydrogens (tertiary/aromatic N) is 2. The second-order valence-corrected chi connectivity index (χ2v) is 3.21. The summed E-state index contributed by atoms with van der Waals surface area (Å²) >= 11 is 0. The highest BCUT2D eigenvalue weighted by Crippen LogP contribution is 2.19. The number of para-hydroxylation sites is 2. The first-order valence-electron chi connectivity index (χ1n) is 4.47. The predicted molar refractivity (Wildman–Crippen MR) is 59.9 cm³/mol. The summed E-state index contributed by atoms with van der Waals surface area (Å²) in [5.41, 5.74) is 2.96. The molecule has 0 saturated carbocycles. The topological polar surface area (TPSA) is 17.8 Å². The molecule has 0 fully saturated rings. The van der Waals surface area contributed by atoms with Gasteiger partial charge in [-0.25, -0.2) is 4.98 Å². The SMILES string of the molecule is C=CC(=C)c1nc2ccccc2n1C. The van der Waals surface area contributed by atoms with Gasteiger partial charge in [0.2, 0.25) is 0 Å². The summed E-state index contributed by atoms with van der Waals surface area (Å²) in [6.45, 7) is 7.59. The van der Waals surface area contributed by atoms with Crippen molar-refractivity contribution in [2.45, 2.75) is 0 Å². The number of hydrogen-bond acceptors (Lipinski definition) is 1. The van der Waals surface area contributed by atoms with Gasteiger partial charge in [0.15, 0.2) is 0 Å². The maximum Gasteiger partial charge on any atom is 0.140 e. The third-order valence-corrected chi connectivity index (χ3v) is 2.32. The molecule has 0 spiro atoms. The average Bonchev–Trinajstić information content (AvgIpc) is 2.56. The lowest BCUT2D eigenvalue weighted by molar-refractivity contribution is 0.924. The third-order valence-electron chi connectivity index (χ3n) is 2.32. The van der Waals surface area contributed by atoms with Crippen molar-refractivity contribution in [1.29, 1.82) is 0 Å². The van der Waals surface area contributed by atoms with E-state index in [0.29, 0.717) is 0 Å². The number of aryl methyl sites for hydroxylation is 1. The van der Waals surface area contributed by atoms with E-state index in [1.54, 1.807) is 6.08 Å². The van der Waals surface area contributed by atoms with Crippen LogP contribution in [0.25, 0.3) is 16.6 Å². The second-order valence-electron chi connectivity index (χ2n) is 3.21. The van der Waals surface area contributed by atoms with Gasteiger partial charge in [-0.15, -0.1) is 0 Å². The van der Waals surface area contributed by atoms with E-state index in [1.807, 2.05) is 35.9 Å². The first-order chi connectivity index (χ1) is 6.74. The summed E-state index contributed by atoms with van der Waals surface area (Å²) in [6.07, 6.45) is 1.72. The quantitative estimate of drug-likeness (QED) is 0.656. The molecule has 0 unspecified atom stereocenters. The Labute approximate surface area is 83.2 Å². The van der Waals surface area contributed by atoms with Crippen LogP contribution in [0, 0.1) is 0 Å². The minimum atomic E-state index is 0.851. The number of benzene rings is 1. The lowest BCUT2D eigenvalue weighted by Crippen LogP contribution is -1.94. The average molecular weight is 184 g/mol. The van der Waals surface area contributed by atoms with Crippen molar-refractivity contribution in [3.63, 3.8) is 0 Å². The summed E-state index contributed by atoms with van der Waals surface area (Å²) in [6, 6.07) is 8.03. The highest BCUT2D eigenvalue weighted by Gasteiger charge is 2.07. The monoisotopic (exact) mass is 184 g/mol. The van der Waals surface area contributed by atoms with Crippen LogP contribution in [0.2, 0.25) is 0 Å². The first-order valence-corrected chi connectivity index (χ1v) is 4.47. The number of rotatable bonds is 2. The summed E-state index contributed by atoms with van der Waals surface area (Å²) < 4.78 is 2.03. The van der Waals surface area contributed by atoms with Gasteiger partial charge in [0.05, 0.1) is 11.0 Å². The van der Waals surface area contributed by atoms with E-state index >= 15 is 0 Å². The van der Waals surface area contributed by atoms with Crippen LogP contribution in [-0.2, 0) is 7.05 Å². The van der Waals surface area contributed by atoms with E-state index in [2.05, 4.69) is 18.1 Å². The largest absolute Gasteiger partial charge is 0.327 e. The fourth-order valence-electron chi connectivity index (χ4n) is 1.52. The molecule has 2 rings (SSSR count). The Bertz CT molecular complexity index is 506.